The second-order valence-electron chi connectivity index (χ2n) is 3.96. The third kappa shape index (κ3) is 2.15. The van der Waals surface area contributed by atoms with Crippen LogP contribution in [0.25, 0.3) is 10.8 Å². The van der Waals surface area contributed by atoms with Crippen molar-refractivity contribution in [1.82, 2.24) is 9.97 Å². The lowest BCUT2D eigenvalue weighted by molar-refractivity contribution is 0.282. The Morgan fingerprint density at radius 2 is 1.61 bits per heavy atom. The number of hydrogen-bond donors (Lipinski definition) is 0. The molecule has 0 N–H and O–H groups in total. The molecule has 3 heteroatoms. The summed E-state index contributed by atoms with van der Waals surface area (Å²) in [6.45, 7) is 0.478. The van der Waals surface area contributed by atoms with Crippen molar-refractivity contribution < 1.29 is 4.74 Å². The fourth-order valence-corrected chi connectivity index (χ4v) is 1.92. The molecular formula is C15H12N2O. The van der Waals surface area contributed by atoms with Gasteiger partial charge in [-0.1, -0.05) is 42.5 Å². The topological polar surface area (TPSA) is 35.0 Å². The molecule has 0 bridgehead atoms. The van der Waals surface area contributed by atoms with Crippen LogP contribution in [0.2, 0.25) is 0 Å². The van der Waals surface area contributed by atoms with E-state index in [-0.39, 0.29) is 0 Å². The first kappa shape index (κ1) is 10.7. The smallest absolute Gasteiger partial charge is 0.316 e. The van der Waals surface area contributed by atoms with Crippen molar-refractivity contribution in [3.8, 4) is 6.01 Å². The van der Waals surface area contributed by atoms with Gasteiger partial charge in [-0.2, -0.15) is 0 Å². The minimum atomic E-state index is 0.408. The predicted molar refractivity (Wildman–Crippen MR) is 70.3 cm³/mol. The van der Waals surface area contributed by atoms with Gasteiger partial charge in [-0.05, 0) is 22.4 Å². The average molecular weight is 236 g/mol. The monoisotopic (exact) mass is 236 g/mol. The van der Waals surface area contributed by atoms with Crippen LogP contribution in [0.3, 0.4) is 0 Å². The van der Waals surface area contributed by atoms with Gasteiger partial charge in [0.2, 0.25) is 0 Å². The van der Waals surface area contributed by atoms with E-state index in [0.717, 1.165) is 5.56 Å². The van der Waals surface area contributed by atoms with Gasteiger partial charge in [0, 0.05) is 12.4 Å². The van der Waals surface area contributed by atoms with Crippen LogP contribution >= 0.6 is 0 Å². The Bertz CT molecular complexity index is 647. The summed E-state index contributed by atoms with van der Waals surface area (Å²) in [5.41, 5.74) is 1.14. The third-order valence-electron chi connectivity index (χ3n) is 2.78. The van der Waals surface area contributed by atoms with Gasteiger partial charge in [-0.25, -0.2) is 9.97 Å². The van der Waals surface area contributed by atoms with E-state index < -0.39 is 0 Å². The lowest BCUT2D eigenvalue weighted by atomic mass is 10.1. The summed E-state index contributed by atoms with van der Waals surface area (Å²) in [4.78, 5) is 8.08. The molecule has 0 aliphatic rings. The van der Waals surface area contributed by atoms with Gasteiger partial charge < -0.3 is 4.74 Å². The summed E-state index contributed by atoms with van der Waals surface area (Å²) in [6, 6.07) is 16.6. The third-order valence-corrected chi connectivity index (χ3v) is 2.78. The highest BCUT2D eigenvalue weighted by atomic mass is 16.5. The van der Waals surface area contributed by atoms with Gasteiger partial charge in [0.15, 0.2) is 0 Å². The van der Waals surface area contributed by atoms with Crippen molar-refractivity contribution in [3.05, 3.63) is 66.5 Å². The molecule has 88 valence electrons. The fourth-order valence-electron chi connectivity index (χ4n) is 1.92. The van der Waals surface area contributed by atoms with Crippen LogP contribution in [-0.4, -0.2) is 9.97 Å². The quantitative estimate of drug-likeness (QED) is 0.700. The fraction of sp³-hybridized carbons (Fsp3) is 0.0667. The molecule has 0 saturated heterocycles. The lowest BCUT2D eigenvalue weighted by Gasteiger charge is -2.07. The molecular weight excluding hydrogens is 224 g/mol. The van der Waals surface area contributed by atoms with E-state index in [2.05, 4.69) is 34.2 Å². The highest BCUT2D eigenvalue weighted by molar-refractivity contribution is 5.85. The molecule has 3 aromatic rings. The van der Waals surface area contributed by atoms with E-state index in [0.29, 0.717) is 12.6 Å². The van der Waals surface area contributed by atoms with E-state index in [1.54, 1.807) is 18.5 Å². The van der Waals surface area contributed by atoms with E-state index in [1.807, 2.05) is 18.2 Å². The maximum atomic E-state index is 5.58. The maximum absolute atomic E-state index is 5.58. The van der Waals surface area contributed by atoms with Crippen molar-refractivity contribution >= 4 is 10.8 Å². The van der Waals surface area contributed by atoms with E-state index in [4.69, 9.17) is 4.74 Å². The molecule has 3 rings (SSSR count). The van der Waals surface area contributed by atoms with Crippen LogP contribution in [0.4, 0.5) is 0 Å². The molecule has 0 fully saturated rings. The SMILES string of the molecule is c1cnc(OCc2cccc3ccccc23)nc1. The summed E-state index contributed by atoms with van der Waals surface area (Å²) in [6.07, 6.45) is 3.34. The van der Waals surface area contributed by atoms with Gasteiger partial charge in [0.1, 0.15) is 6.61 Å². The molecule has 3 nitrogen and oxygen atoms in total. The second-order valence-corrected chi connectivity index (χ2v) is 3.96. The number of fused-ring (bicyclic) bond motifs is 1. The van der Waals surface area contributed by atoms with Gasteiger partial charge >= 0.3 is 6.01 Å². The number of aromatic nitrogens is 2. The van der Waals surface area contributed by atoms with Crippen LogP contribution in [0, 0.1) is 0 Å². The van der Waals surface area contributed by atoms with Crippen molar-refractivity contribution in [2.75, 3.05) is 0 Å². The number of rotatable bonds is 3. The average Bonchev–Trinajstić information content (AvgIpc) is 2.46. The Balaban J connectivity index is 1.87. The van der Waals surface area contributed by atoms with Crippen LogP contribution in [0.1, 0.15) is 5.56 Å². The van der Waals surface area contributed by atoms with Crippen LogP contribution < -0.4 is 4.74 Å². The number of hydrogen-bond acceptors (Lipinski definition) is 3. The largest absolute Gasteiger partial charge is 0.459 e. The van der Waals surface area contributed by atoms with Crippen molar-refractivity contribution in [1.29, 1.82) is 0 Å². The van der Waals surface area contributed by atoms with Crippen molar-refractivity contribution in [3.63, 3.8) is 0 Å². The molecule has 0 saturated carbocycles. The van der Waals surface area contributed by atoms with Gasteiger partial charge in [0.05, 0.1) is 0 Å². The molecule has 0 unspecified atom stereocenters. The Labute approximate surface area is 105 Å². The molecule has 0 amide bonds. The lowest BCUT2D eigenvalue weighted by Crippen LogP contribution is -1.99. The Kier molecular flexibility index (Phi) is 2.88. The summed E-state index contributed by atoms with van der Waals surface area (Å²) < 4.78 is 5.58. The maximum Gasteiger partial charge on any atom is 0.316 e. The summed E-state index contributed by atoms with van der Waals surface area (Å²) >= 11 is 0. The Morgan fingerprint density at radius 3 is 2.50 bits per heavy atom. The first-order valence-electron chi connectivity index (χ1n) is 5.80. The molecule has 0 aliphatic carbocycles. The molecule has 0 radical (unpaired) electrons. The van der Waals surface area contributed by atoms with Crippen LogP contribution in [0.15, 0.2) is 60.9 Å². The van der Waals surface area contributed by atoms with Crippen LogP contribution in [0.5, 0.6) is 6.01 Å². The molecule has 1 heterocycles. The second kappa shape index (κ2) is 4.84. The summed E-state index contributed by atoms with van der Waals surface area (Å²) in [5, 5.41) is 2.42. The van der Waals surface area contributed by atoms with Gasteiger partial charge in [-0.15, -0.1) is 0 Å². The Hall–Kier alpha value is -2.42. The normalized spacial score (nSPS) is 10.4. The minimum Gasteiger partial charge on any atom is -0.459 e. The van der Waals surface area contributed by atoms with E-state index in [1.165, 1.54) is 10.8 Å². The van der Waals surface area contributed by atoms with Crippen LogP contribution in [-0.2, 0) is 6.61 Å². The molecule has 1 aromatic heterocycles. The highest BCUT2D eigenvalue weighted by Crippen LogP contribution is 2.19. The Morgan fingerprint density at radius 1 is 0.833 bits per heavy atom. The molecule has 0 aliphatic heterocycles. The predicted octanol–water partition coefficient (Wildman–Crippen LogP) is 3.21. The van der Waals surface area contributed by atoms with Gasteiger partial charge in [-0.3, -0.25) is 0 Å². The number of ether oxygens (including phenoxy) is 1. The first-order chi connectivity index (χ1) is 8.93. The number of benzene rings is 2. The molecule has 0 atom stereocenters. The standard InChI is InChI=1S/C15H12N2O/c1-2-8-14-12(5-1)6-3-7-13(14)11-18-15-16-9-4-10-17-15/h1-10H,11H2. The highest BCUT2D eigenvalue weighted by Gasteiger charge is 2.02. The molecule has 18 heavy (non-hydrogen) atoms. The zero-order chi connectivity index (χ0) is 12.2. The summed E-state index contributed by atoms with van der Waals surface area (Å²) in [5.74, 6) is 0. The first-order valence-corrected chi connectivity index (χ1v) is 5.80. The zero-order valence-electron chi connectivity index (χ0n) is 9.78. The molecule has 2 aromatic carbocycles. The van der Waals surface area contributed by atoms with Gasteiger partial charge in [0.25, 0.3) is 0 Å². The zero-order valence-corrected chi connectivity index (χ0v) is 9.78. The summed E-state index contributed by atoms with van der Waals surface area (Å²) in [7, 11) is 0. The number of nitrogens with zero attached hydrogens (tertiary/aromatic N) is 2. The van der Waals surface area contributed by atoms with E-state index >= 15 is 0 Å². The van der Waals surface area contributed by atoms with E-state index in [9.17, 15) is 0 Å². The van der Waals surface area contributed by atoms with Crippen molar-refractivity contribution in [2.45, 2.75) is 6.61 Å². The van der Waals surface area contributed by atoms with Crippen molar-refractivity contribution in [2.24, 2.45) is 0 Å². The minimum absolute atomic E-state index is 0.408. The molecule has 0 spiro atoms.